The third-order valence-corrected chi connectivity index (χ3v) is 5.29. The zero-order valence-corrected chi connectivity index (χ0v) is 16.7. The molecule has 0 saturated heterocycles. The highest BCUT2D eigenvalue weighted by Crippen LogP contribution is 2.28. The number of anilines is 2. The van der Waals surface area contributed by atoms with Gasteiger partial charge in [-0.25, -0.2) is 4.79 Å². The highest BCUT2D eigenvalue weighted by atomic mass is 32.2. The number of hydrogen-bond donors (Lipinski definition) is 3. The summed E-state index contributed by atoms with van der Waals surface area (Å²) in [7, 11) is 0. The van der Waals surface area contributed by atoms with Crippen molar-refractivity contribution in [1.82, 2.24) is 0 Å². The number of carbonyl (C=O) groups excluding carboxylic acids is 2. The van der Waals surface area contributed by atoms with Crippen LogP contribution in [0, 0.1) is 0 Å². The minimum atomic E-state index is -1.01. The summed E-state index contributed by atoms with van der Waals surface area (Å²) in [6, 6.07) is 13.5. The quantitative estimate of drug-likeness (QED) is 0.533. The standard InChI is InChI=1S/C21H24N2O4S/c1-3-6-19(24)22-16-7-5-8-17(13-16)28-18(4-2)20(25)23-15-11-9-14(10-12-15)21(26)27/h5,7-13,18H,3-4,6H2,1-2H3,(H,22,24)(H,23,25)(H,26,27). The summed E-state index contributed by atoms with van der Waals surface area (Å²) in [4.78, 5) is 36.2. The van der Waals surface area contributed by atoms with Crippen molar-refractivity contribution < 1.29 is 19.5 Å². The van der Waals surface area contributed by atoms with Crippen LogP contribution in [0.15, 0.2) is 53.4 Å². The van der Waals surface area contributed by atoms with Gasteiger partial charge in [0.2, 0.25) is 11.8 Å². The van der Waals surface area contributed by atoms with Crippen LogP contribution in [0.2, 0.25) is 0 Å². The van der Waals surface area contributed by atoms with Gasteiger partial charge in [0.25, 0.3) is 0 Å². The number of carboxylic acids is 1. The summed E-state index contributed by atoms with van der Waals surface area (Å²) < 4.78 is 0. The van der Waals surface area contributed by atoms with Gasteiger partial charge in [0.05, 0.1) is 10.8 Å². The van der Waals surface area contributed by atoms with Crippen LogP contribution in [0.25, 0.3) is 0 Å². The van der Waals surface area contributed by atoms with Gasteiger partial charge in [-0.3, -0.25) is 9.59 Å². The Kier molecular flexibility index (Phi) is 8.07. The van der Waals surface area contributed by atoms with Crippen molar-refractivity contribution in [3.63, 3.8) is 0 Å². The van der Waals surface area contributed by atoms with Crippen LogP contribution in [-0.4, -0.2) is 28.1 Å². The van der Waals surface area contributed by atoms with Crippen molar-refractivity contribution in [2.75, 3.05) is 10.6 Å². The Morgan fingerprint density at radius 2 is 1.71 bits per heavy atom. The number of benzene rings is 2. The lowest BCUT2D eigenvalue weighted by atomic mass is 10.2. The van der Waals surface area contributed by atoms with Crippen LogP contribution >= 0.6 is 11.8 Å². The Bertz CT molecular complexity index is 837. The molecule has 0 radical (unpaired) electrons. The van der Waals surface area contributed by atoms with E-state index in [0.29, 0.717) is 24.2 Å². The lowest BCUT2D eigenvalue weighted by molar-refractivity contribution is -0.116. The van der Waals surface area contributed by atoms with Gasteiger partial charge >= 0.3 is 5.97 Å². The number of carbonyl (C=O) groups is 3. The maximum absolute atomic E-state index is 12.6. The van der Waals surface area contributed by atoms with E-state index in [0.717, 1.165) is 11.3 Å². The molecule has 28 heavy (non-hydrogen) atoms. The van der Waals surface area contributed by atoms with E-state index in [1.165, 1.54) is 23.9 Å². The van der Waals surface area contributed by atoms with E-state index in [1.54, 1.807) is 12.1 Å². The Balaban J connectivity index is 2.01. The number of hydrogen-bond acceptors (Lipinski definition) is 4. The van der Waals surface area contributed by atoms with Crippen LogP contribution in [0.1, 0.15) is 43.5 Å². The molecule has 0 aliphatic carbocycles. The predicted octanol–water partition coefficient (Wildman–Crippen LogP) is 4.63. The van der Waals surface area contributed by atoms with Crippen molar-refractivity contribution in [1.29, 1.82) is 0 Å². The minimum absolute atomic E-state index is 0.0285. The fourth-order valence-electron chi connectivity index (χ4n) is 2.50. The topological polar surface area (TPSA) is 95.5 Å². The van der Waals surface area contributed by atoms with E-state index >= 15 is 0 Å². The van der Waals surface area contributed by atoms with Gasteiger partial charge in [-0.1, -0.05) is 19.9 Å². The number of carboxylic acid groups (broad SMARTS) is 1. The second-order valence-corrected chi connectivity index (χ2v) is 7.49. The largest absolute Gasteiger partial charge is 0.478 e. The summed E-state index contributed by atoms with van der Waals surface area (Å²) in [5.74, 6) is -1.19. The van der Waals surface area contributed by atoms with Crippen molar-refractivity contribution in [3.05, 3.63) is 54.1 Å². The lowest BCUT2D eigenvalue weighted by Crippen LogP contribution is -2.24. The van der Waals surface area contributed by atoms with E-state index in [1.807, 2.05) is 38.1 Å². The predicted molar refractivity (Wildman–Crippen MR) is 112 cm³/mol. The average Bonchev–Trinajstić information content (AvgIpc) is 2.67. The smallest absolute Gasteiger partial charge is 0.335 e. The molecule has 0 fully saturated rings. The number of aromatic carboxylic acids is 1. The third kappa shape index (κ3) is 6.42. The zero-order chi connectivity index (χ0) is 20.5. The highest BCUT2D eigenvalue weighted by molar-refractivity contribution is 8.00. The number of rotatable bonds is 9. The first-order chi connectivity index (χ1) is 13.4. The summed E-state index contributed by atoms with van der Waals surface area (Å²) >= 11 is 1.42. The van der Waals surface area contributed by atoms with E-state index in [2.05, 4.69) is 10.6 Å². The van der Waals surface area contributed by atoms with Gasteiger partial charge in [0, 0.05) is 22.7 Å². The molecule has 2 aromatic rings. The van der Waals surface area contributed by atoms with Gasteiger partial charge in [0.1, 0.15) is 0 Å². The first-order valence-electron chi connectivity index (χ1n) is 9.13. The van der Waals surface area contributed by atoms with Crippen molar-refractivity contribution in [3.8, 4) is 0 Å². The van der Waals surface area contributed by atoms with Crippen LogP contribution in [0.4, 0.5) is 11.4 Å². The van der Waals surface area contributed by atoms with Crippen LogP contribution < -0.4 is 10.6 Å². The molecule has 0 bridgehead atoms. The number of nitrogens with one attached hydrogen (secondary N) is 2. The highest BCUT2D eigenvalue weighted by Gasteiger charge is 2.18. The van der Waals surface area contributed by atoms with Gasteiger partial charge < -0.3 is 15.7 Å². The van der Waals surface area contributed by atoms with Crippen LogP contribution in [0.3, 0.4) is 0 Å². The lowest BCUT2D eigenvalue weighted by Gasteiger charge is -2.15. The average molecular weight is 401 g/mol. The molecule has 7 heteroatoms. The van der Waals surface area contributed by atoms with Crippen molar-refractivity contribution in [2.45, 2.75) is 43.3 Å². The number of thioether (sulfide) groups is 1. The summed E-state index contributed by atoms with van der Waals surface area (Å²) in [6.45, 7) is 3.88. The van der Waals surface area contributed by atoms with Gasteiger partial charge in [0.15, 0.2) is 0 Å². The van der Waals surface area contributed by atoms with E-state index in [-0.39, 0.29) is 22.6 Å². The van der Waals surface area contributed by atoms with E-state index < -0.39 is 5.97 Å². The fraction of sp³-hybridized carbons (Fsp3) is 0.286. The Labute approximate surface area is 168 Å². The molecule has 3 N–H and O–H groups in total. The molecule has 0 spiro atoms. The van der Waals surface area contributed by atoms with E-state index in [4.69, 9.17) is 5.11 Å². The Morgan fingerprint density at radius 3 is 2.32 bits per heavy atom. The van der Waals surface area contributed by atoms with E-state index in [9.17, 15) is 14.4 Å². The molecule has 0 heterocycles. The molecule has 148 valence electrons. The van der Waals surface area contributed by atoms with Crippen molar-refractivity contribution in [2.24, 2.45) is 0 Å². The molecule has 0 aromatic heterocycles. The van der Waals surface area contributed by atoms with Gasteiger partial charge in [-0.05, 0) is 55.3 Å². The molecule has 2 rings (SSSR count). The maximum atomic E-state index is 12.6. The molecular formula is C21H24N2O4S. The Hall–Kier alpha value is -2.80. The second kappa shape index (κ2) is 10.5. The molecule has 1 unspecified atom stereocenters. The normalized spacial score (nSPS) is 11.5. The Morgan fingerprint density at radius 1 is 1.00 bits per heavy atom. The SMILES string of the molecule is CCCC(=O)Nc1cccc(SC(CC)C(=O)Nc2ccc(C(=O)O)cc2)c1. The zero-order valence-electron chi connectivity index (χ0n) is 15.9. The fourth-order valence-corrected chi connectivity index (χ4v) is 3.52. The molecule has 6 nitrogen and oxygen atoms in total. The monoisotopic (exact) mass is 400 g/mol. The third-order valence-electron chi connectivity index (χ3n) is 3.94. The van der Waals surface area contributed by atoms with Crippen molar-refractivity contribution >= 4 is 40.9 Å². The van der Waals surface area contributed by atoms with Gasteiger partial charge in [-0.2, -0.15) is 0 Å². The minimum Gasteiger partial charge on any atom is -0.478 e. The van der Waals surface area contributed by atoms with Gasteiger partial charge in [-0.15, -0.1) is 11.8 Å². The van der Waals surface area contributed by atoms with Crippen LogP contribution in [0.5, 0.6) is 0 Å². The molecule has 0 saturated carbocycles. The second-order valence-electron chi connectivity index (χ2n) is 6.21. The number of amides is 2. The molecule has 2 amide bonds. The molecule has 0 aliphatic rings. The molecular weight excluding hydrogens is 376 g/mol. The summed E-state index contributed by atoms with van der Waals surface area (Å²) in [6.07, 6.45) is 1.87. The molecule has 1 atom stereocenters. The first-order valence-corrected chi connectivity index (χ1v) is 10.0. The van der Waals surface area contributed by atoms with Crippen LogP contribution in [-0.2, 0) is 9.59 Å². The first kappa shape index (κ1) is 21.5. The summed E-state index contributed by atoms with van der Waals surface area (Å²) in [5, 5.41) is 14.3. The molecule has 0 aliphatic heterocycles. The maximum Gasteiger partial charge on any atom is 0.335 e. The molecule has 2 aromatic carbocycles. The summed E-state index contributed by atoms with van der Waals surface area (Å²) in [5.41, 5.74) is 1.43.